The van der Waals surface area contributed by atoms with Crippen molar-refractivity contribution in [3.8, 4) is 5.75 Å². The molecule has 3 aliphatic rings. The predicted octanol–water partition coefficient (Wildman–Crippen LogP) is 4.61. The number of hydrogen-bond acceptors (Lipinski definition) is 4. The molecule has 2 aromatic rings. The second-order valence-electron chi connectivity index (χ2n) is 9.86. The summed E-state index contributed by atoms with van der Waals surface area (Å²) in [6.45, 7) is 9.47. The molecule has 0 radical (unpaired) electrons. The topological polar surface area (TPSA) is 63.6 Å². The third-order valence-corrected chi connectivity index (χ3v) is 7.01. The molecule has 1 amide bonds. The van der Waals surface area contributed by atoms with E-state index < -0.39 is 0 Å². The normalized spacial score (nSPS) is 22.5. The average molecular weight is 503 g/mol. The van der Waals surface area contributed by atoms with Crippen molar-refractivity contribution in [3.05, 3.63) is 38.2 Å². The monoisotopic (exact) mass is 501 g/mol. The summed E-state index contributed by atoms with van der Waals surface area (Å²) in [6.07, 6.45) is 2.17. The lowest BCUT2D eigenvalue weighted by molar-refractivity contribution is 0.0612. The molecule has 4 heterocycles. The summed E-state index contributed by atoms with van der Waals surface area (Å²) in [6, 6.07) is 3.23. The highest BCUT2D eigenvalue weighted by Crippen LogP contribution is 2.35. The third-order valence-electron chi connectivity index (χ3n) is 6.29. The van der Waals surface area contributed by atoms with Crippen LogP contribution in [-0.4, -0.2) is 48.2 Å². The van der Waals surface area contributed by atoms with Crippen LogP contribution in [0.4, 0.5) is 0 Å². The quantitative estimate of drug-likeness (QED) is 0.663. The number of carbonyl (C=O) groups is 1. The number of rotatable bonds is 4. The fourth-order valence-corrected chi connectivity index (χ4v) is 5.16. The van der Waals surface area contributed by atoms with Crippen LogP contribution in [0.2, 0.25) is 10.0 Å². The zero-order chi connectivity index (χ0) is 22.5. The first-order valence-electron chi connectivity index (χ1n) is 10.7. The number of nitrogens with one attached hydrogen (secondary N) is 1. The number of benzene rings is 1. The van der Waals surface area contributed by atoms with E-state index in [0.29, 0.717) is 39.0 Å². The minimum atomic E-state index is -0.287. The van der Waals surface area contributed by atoms with Gasteiger partial charge in [-0.3, -0.25) is 14.2 Å². The van der Waals surface area contributed by atoms with Gasteiger partial charge in [-0.25, -0.2) is 0 Å². The van der Waals surface area contributed by atoms with E-state index in [0.717, 1.165) is 32.5 Å². The van der Waals surface area contributed by atoms with E-state index in [2.05, 4.69) is 10.2 Å². The van der Waals surface area contributed by atoms with Gasteiger partial charge in [0.15, 0.2) is 11.4 Å². The van der Waals surface area contributed by atoms with E-state index in [9.17, 15) is 9.59 Å². The molecule has 2 bridgehead atoms. The summed E-state index contributed by atoms with van der Waals surface area (Å²) in [4.78, 5) is 29.5. The number of carbonyl (C=O) groups excluding carboxylic acids is 1. The summed E-state index contributed by atoms with van der Waals surface area (Å²) in [5, 5.41) is 4.68. The van der Waals surface area contributed by atoms with Crippen molar-refractivity contribution >= 4 is 52.3 Å². The first-order chi connectivity index (χ1) is 14.6. The van der Waals surface area contributed by atoms with Gasteiger partial charge in [0, 0.05) is 24.5 Å². The molecule has 6 nitrogen and oxygen atoms in total. The Balaban J connectivity index is 0.00000289. The molecular formula is C23H30Cl3N3O3. The number of methoxy groups -OCH3 is 1. The Hall–Kier alpha value is -1.47. The second kappa shape index (κ2) is 9.41. The van der Waals surface area contributed by atoms with Gasteiger partial charge < -0.3 is 15.0 Å². The summed E-state index contributed by atoms with van der Waals surface area (Å²) in [5.41, 5.74) is -0.267. The molecule has 3 aliphatic heterocycles. The van der Waals surface area contributed by atoms with Crippen molar-refractivity contribution in [2.45, 2.75) is 46.2 Å². The molecule has 176 valence electrons. The number of nitrogens with zero attached hydrogens (tertiary/aromatic N) is 2. The van der Waals surface area contributed by atoms with Crippen LogP contribution in [-0.2, 0) is 6.54 Å². The van der Waals surface area contributed by atoms with Crippen molar-refractivity contribution in [1.82, 2.24) is 14.8 Å². The van der Waals surface area contributed by atoms with Crippen LogP contribution in [0, 0.1) is 11.3 Å². The number of halogens is 3. The van der Waals surface area contributed by atoms with Crippen LogP contribution in [0.1, 0.15) is 44.1 Å². The molecule has 1 aromatic heterocycles. The van der Waals surface area contributed by atoms with Gasteiger partial charge in [-0.15, -0.1) is 12.4 Å². The maximum absolute atomic E-state index is 13.6. The van der Waals surface area contributed by atoms with Crippen molar-refractivity contribution < 1.29 is 9.53 Å². The fourth-order valence-electron chi connectivity index (χ4n) is 4.83. The minimum Gasteiger partial charge on any atom is -0.494 e. The molecular weight excluding hydrogens is 473 g/mol. The zero-order valence-corrected chi connectivity index (χ0v) is 21.2. The minimum absolute atomic E-state index is 0. The standard InChI is InChI=1S/C23H29Cl2N3O3.ClH/c1-23(2,3)12-28-19(21(29)26-18-11-27-7-5-13(18)6-8-27)20(31-4)14-9-16(24)17(25)10-15(14)22(28)30;/h9-10,13,18H,5-8,11-12H2,1-4H3,(H,26,29);1H. The van der Waals surface area contributed by atoms with E-state index in [-0.39, 0.29) is 41.0 Å². The number of ether oxygens (including phenoxy) is 1. The molecule has 1 unspecified atom stereocenters. The fraction of sp³-hybridized carbons (Fsp3) is 0.565. The lowest BCUT2D eigenvalue weighted by Gasteiger charge is -2.45. The number of aromatic nitrogens is 1. The van der Waals surface area contributed by atoms with Crippen LogP contribution in [0.25, 0.3) is 10.8 Å². The Kier molecular flexibility index (Phi) is 7.40. The smallest absolute Gasteiger partial charge is 0.272 e. The molecule has 5 rings (SSSR count). The Morgan fingerprint density at radius 2 is 1.75 bits per heavy atom. The van der Waals surface area contributed by atoms with Gasteiger partial charge in [0.2, 0.25) is 0 Å². The highest BCUT2D eigenvalue weighted by atomic mass is 35.5. The van der Waals surface area contributed by atoms with Gasteiger partial charge in [-0.2, -0.15) is 0 Å². The van der Waals surface area contributed by atoms with E-state index in [1.54, 1.807) is 12.1 Å². The Morgan fingerprint density at radius 1 is 1.16 bits per heavy atom. The molecule has 3 saturated heterocycles. The number of pyridine rings is 1. The molecule has 0 saturated carbocycles. The first kappa shape index (κ1) is 25.2. The van der Waals surface area contributed by atoms with E-state index in [4.69, 9.17) is 27.9 Å². The second-order valence-corrected chi connectivity index (χ2v) is 10.7. The van der Waals surface area contributed by atoms with Gasteiger partial charge in [0.1, 0.15) is 0 Å². The lowest BCUT2D eigenvalue weighted by Crippen LogP contribution is -2.57. The maximum Gasteiger partial charge on any atom is 0.272 e. The van der Waals surface area contributed by atoms with Crippen LogP contribution in [0.3, 0.4) is 0 Å². The molecule has 1 atom stereocenters. The molecule has 0 spiro atoms. The van der Waals surface area contributed by atoms with Gasteiger partial charge in [0.05, 0.1) is 22.5 Å². The molecule has 1 aromatic carbocycles. The van der Waals surface area contributed by atoms with E-state index in [1.165, 1.54) is 11.7 Å². The summed E-state index contributed by atoms with van der Waals surface area (Å²) in [5.74, 6) is 0.526. The number of amides is 1. The zero-order valence-electron chi connectivity index (χ0n) is 18.8. The van der Waals surface area contributed by atoms with Crippen LogP contribution in [0.5, 0.6) is 5.75 Å². The van der Waals surface area contributed by atoms with E-state index in [1.807, 2.05) is 20.8 Å². The first-order valence-corrected chi connectivity index (χ1v) is 11.5. The average Bonchev–Trinajstić information content (AvgIpc) is 2.71. The summed E-state index contributed by atoms with van der Waals surface area (Å²) >= 11 is 12.4. The van der Waals surface area contributed by atoms with Crippen LogP contribution >= 0.6 is 35.6 Å². The number of piperidine rings is 3. The van der Waals surface area contributed by atoms with Gasteiger partial charge in [-0.05, 0) is 49.4 Å². The van der Waals surface area contributed by atoms with Crippen molar-refractivity contribution in [2.75, 3.05) is 26.7 Å². The predicted molar refractivity (Wildman–Crippen MR) is 132 cm³/mol. The third kappa shape index (κ3) is 4.74. The molecule has 1 N–H and O–H groups in total. The lowest BCUT2D eigenvalue weighted by atomic mass is 9.84. The Labute approximate surface area is 204 Å². The van der Waals surface area contributed by atoms with Gasteiger partial charge in [0.25, 0.3) is 11.5 Å². The Morgan fingerprint density at radius 3 is 2.25 bits per heavy atom. The summed E-state index contributed by atoms with van der Waals surface area (Å²) in [7, 11) is 1.51. The molecule has 9 heteroatoms. The summed E-state index contributed by atoms with van der Waals surface area (Å²) < 4.78 is 7.23. The van der Waals surface area contributed by atoms with Gasteiger partial charge >= 0.3 is 0 Å². The highest BCUT2D eigenvalue weighted by Gasteiger charge is 2.36. The molecule has 3 fully saturated rings. The van der Waals surface area contributed by atoms with Crippen molar-refractivity contribution in [1.29, 1.82) is 0 Å². The highest BCUT2D eigenvalue weighted by molar-refractivity contribution is 6.42. The van der Waals surface area contributed by atoms with Crippen LogP contribution < -0.4 is 15.6 Å². The Bertz CT molecular complexity index is 1090. The molecule has 32 heavy (non-hydrogen) atoms. The van der Waals surface area contributed by atoms with Gasteiger partial charge in [-0.1, -0.05) is 44.0 Å². The number of hydrogen-bond donors (Lipinski definition) is 1. The maximum atomic E-state index is 13.6. The number of fused-ring (bicyclic) bond motifs is 4. The van der Waals surface area contributed by atoms with Crippen molar-refractivity contribution in [3.63, 3.8) is 0 Å². The SMILES string of the molecule is COc1c(C(=O)NC2CN3CCC2CC3)n(CC(C)(C)C)c(=O)c2cc(Cl)c(Cl)cc12.Cl. The van der Waals surface area contributed by atoms with Crippen molar-refractivity contribution in [2.24, 2.45) is 11.3 Å². The van der Waals surface area contributed by atoms with E-state index >= 15 is 0 Å². The van der Waals surface area contributed by atoms with Crippen LogP contribution in [0.15, 0.2) is 16.9 Å². The largest absolute Gasteiger partial charge is 0.494 e. The molecule has 0 aliphatic carbocycles.